The highest BCUT2D eigenvalue weighted by Gasteiger charge is 2.23. The average Bonchev–Trinajstić information content (AvgIpc) is 3.00. The Hall–Kier alpha value is -1.68. The number of hydrogen-bond acceptors (Lipinski definition) is 2. The molecule has 0 aliphatic heterocycles. The van der Waals surface area contributed by atoms with Crippen LogP contribution in [0.3, 0.4) is 0 Å². The molecule has 4 heteroatoms. The third-order valence-electron chi connectivity index (χ3n) is 3.52. The first-order valence-electron chi connectivity index (χ1n) is 6.33. The van der Waals surface area contributed by atoms with Crippen LogP contribution in [0.4, 0.5) is 4.39 Å². The summed E-state index contributed by atoms with van der Waals surface area (Å²) in [5, 5.41) is 3.48. The van der Waals surface area contributed by atoms with Gasteiger partial charge in [-0.2, -0.15) is 0 Å². The average molecular weight is 245 g/mol. The number of hydrogen-bond donors (Lipinski definition) is 2. The Morgan fingerprint density at radius 1 is 1.44 bits per heavy atom. The lowest BCUT2D eigenvalue weighted by Crippen LogP contribution is -2.22. The maximum absolute atomic E-state index is 13.6. The molecular formula is C14H16FN3. The highest BCUT2D eigenvalue weighted by atomic mass is 19.1. The van der Waals surface area contributed by atoms with E-state index in [0.717, 1.165) is 42.8 Å². The lowest BCUT2D eigenvalue weighted by atomic mass is 10.1. The van der Waals surface area contributed by atoms with Gasteiger partial charge in [-0.1, -0.05) is 12.1 Å². The van der Waals surface area contributed by atoms with E-state index in [0.29, 0.717) is 0 Å². The van der Waals surface area contributed by atoms with Crippen LogP contribution in [0.15, 0.2) is 30.6 Å². The van der Waals surface area contributed by atoms with Gasteiger partial charge in [-0.05, 0) is 30.0 Å². The monoisotopic (exact) mass is 245 g/mol. The molecule has 3 nitrogen and oxygen atoms in total. The maximum Gasteiger partial charge on any atom is 0.126 e. The van der Waals surface area contributed by atoms with E-state index in [4.69, 9.17) is 0 Å². The second-order valence-electron chi connectivity index (χ2n) is 4.64. The maximum atomic E-state index is 13.6. The van der Waals surface area contributed by atoms with E-state index >= 15 is 0 Å². The Kier molecular flexibility index (Phi) is 3.11. The molecule has 0 amide bonds. The van der Waals surface area contributed by atoms with Crippen LogP contribution in [0.5, 0.6) is 0 Å². The van der Waals surface area contributed by atoms with Crippen molar-refractivity contribution in [3.05, 3.63) is 53.4 Å². The summed E-state index contributed by atoms with van der Waals surface area (Å²) in [5.41, 5.74) is 2.00. The minimum atomic E-state index is -0.0668. The molecule has 1 unspecified atom stereocenters. The van der Waals surface area contributed by atoms with Gasteiger partial charge in [-0.15, -0.1) is 0 Å². The van der Waals surface area contributed by atoms with Gasteiger partial charge in [0.15, 0.2) is 0 Å². The van der Waals surface area contributed by atoms with Crippen molar-refractivity contribution in [2.45, 2.75) is 25.3 Å². The Morgan fingerprint density at radius 2 is 2.39 bits per heavy atom. The highest BCUT2D eigenvalue weighted by molar-refractivity contribution is 5.35. The zero-order valence-electron chi connectivity index (χ0n) is 10.1. The number of benzene rings is 1. The van der Waals surface area contributed by atoms with E-state index in [9.17, 15) is 4.39 Å². The fourth-order valence-electron chi connectivity index (χ4n) is 2.62. The summed E-state index contributed by atoms with van der Waals surface area (Å²) in [4.78, 5) is 7.26. The third-order valence-corrected chi connectivity index (χ3v) is 3.52. The quantitative estimate of drug-likeness (QED) is 0.868. The Balaban J connectivity index is 1.61. The molecule has 0 radical (unpaired) electrons. The number of H-pyrrole nitrogens is 1. The van der Waals surface area contributed by atoms with Gasteiger partial charge >= 0.3 is 0 Å². The Bertz CT molecular complexity index is 522. The van der Waals surface area contributed by atoms with E-state index in [1.807, 2.05) is 12.3 Å². The molecule has 18 heavy (non-hydrogen) atoms. The van der Waals surface area contributed by atoms with Crippen LogP contribution >= 0.6 is 0 Å². The number of imidazole rings is 1. The van der Waals surface area contributed by atoms with E-state index < -0.39 is 0 Å². The molecule has 0 bridgehead atoms. The molecule has 2 N–H and O–H groups in total. The van der Waals surface area contributed by atoms with Crippen molar-refractivity contribution >= 4 is 0 Å². The van der Waals surface area contributed by atoms with Crippen LogP contribution in [0.1, 0.15) is 29.4 Å². The van der Waals surface area contributed by atoms with E-state index in [2.05, 4.69) is 15.3 Å². The predicted molar refractivity (Wildman–Crippen MR) is 67.8 cm³/mol. The van der Waals surface area contributed by atoms with Gasteiger partial charge in [0.05, 0.1) is 0 Å². The molecule has 2 aromatic rings. The van der Waals surface area contributed by atoms with E-state index in [1.165, 1.54) is 0 Å². The summed E-state index contributed by atoms with van der Waals surface area (Å²) in [5.74, 6) is 0.919. The lowest BCUT2D eigenvalue weighted by molar-refractivity contribution is 0.530. The van der Waals surface area contributed by atoms with Crippen molar-refractivity contribution in [1.82, 2.24) is 15.3 Å². The SMILES string of the molecule is Fc1cccc2c1CCC2NCCc1ncc[nH]1. The first-order valence-corrected chi connectivity index (χ1v) is 6.33. The molecule has 94 valence electrons. The summed E-state index contributed by atoms with van der Waals surface area (Å²) in [7, 11) is 0. The van der Waals surface area contributed by atoms with Gasteiger partial charge in [0.1, 0.15) is 11.6 Å². The molecule has 1 aromatic carbocycles. The second kappa shape index (κ2) is 4.90. The minimum Gasteiger partial charge on any atom is -0.349 e. The number of halogens is 1. The van der Waals surface area contributed by atoms with Crippen LogP contribution in [-0.2, 0) is 12.8 Å². The number of aromatic nitrogens is 2. The van der Waals surface area contributed by atoms with Crippen molar-refractivity contribution in [2.24, 2.45) is 0 Å². The van der Waals surface area contributed by atoms with Crippen molar-refractivity contribution in [2.75, 3.05) is 6.54 Å². The highest BCUT2D eigenvalue weighted by Crippen LogP contribution is 2.32. The second-order valence-corrected chi connectivity index (χ2v) is 4.64. The Morgan fingerprint density at radius 3 is 3.22 bits per heavy atom. The van der Waals surface area contributed by atoms with Crippen LogP contribution in [0.2, 0.25) is 0 Å². The molecule has 1 aliphatic carbocycles. The predicted octanol–water partition coefficient (Wildman–Crippen LogP) is 2.37. The molecule has 0 fully saturated rings. The Labute approximate surface area is 105 Å². The normalized spacial score (nSPS) is 17.9. The molecule has 0 spiro atoms. The zero-order chi connectivity index (χ0) is 12.4. The summed E-state index contributed by atoms with van der Waals surface area (Å²) in [6, 6.07) is 5.64. The number of fused-ring (bicyclic) bond motifs is 1. The van der Waals surface area contributed by atoms with Gasteiger partial charge in [0.2, 0.25) is 0 Å². The molecule has 0 saturated heterocycles. The smallest absolute Gasteiger partial charge is 0.126 e. The number of nitrogens with one attached hydrogen (secondary N) is 2. The number of rotatable bonds is 4. The van der Waals surface area contributed by atoms with Crippen molar-refractivity contribution in [3.8, 4) is 0 Å². The van der Waals surface area contributed by atoms with Crippen LogP contribution in [0, 0.1) is 5.82 Å². The van der Waals surface area contributed by atoms with E-state index in [-0.39, 0.29) is 11.9 Å². The van der Waals surface area contributed by atoms with Gasteiger partial charge in [0.25, 0.3) is 0 Å². The van der Waals surface area contributed by atoms with Gasteiger partial charge in [-0.3, -0.25) is 0 Å². The summed E-state index contributed by atoms with van der Waals surface area (Å²) in [6.45, 7) is 0.855. The van der Waals surface area contributed by atoms with Crippen molar-refractivity contribution < 1.29 is 4.39 Å². The van der Waals surface area contributed by atoms with Crippen molar-refractivity contribution in [1.29, 1.82) is 0 Å². The number of aromatic amines is 1. The minimum absolute atomic E-state index is 0.0668. The standard InChI is InChI=1S/C14H16FN3/c15-12-3-1-2-11-10(12)4-5-13(11)16-7-6-14-17-8-9-18-14/h1-3,8-9,13,16H,4-7H2,(H,17,18). The topological polar surface area (TPSA) is 40.7 Å². The van der Waals surface area contributed by atoms with Crippen LogP contribution in [-0.4, -0.2) is 16.5 Å². The van der Waals surface area contributed by atoms with Crippen molar-refractivity contribution in [3.63, 3.8) is 0 Å². The van der Waals surface area contributed by atoms with Gasteiger partial charge in [0, 0.05) is 31.4 Å². The third kappa shape index (κ3) is 2.16. The molecule has 3 rings (SSSR count). The molecular weight excluding hydrogens is 229 g/mol. The fourth-order valence-corrected chi connectivity index (χ4v) is 2.62. The van der Waals surface area contributed by atoms with Gasteiger partial charge < -0.3 is 10.3 Å². The molecule has 1 atom stereocenters. The van der Waals surface area contributed by atoms with Crippen LogP contribution < -0.4 is 5.32 Å². The molecule has 1 aromatic heterocycles. The van der Waals surface area contributed by atoms with Crippen LogP contribution in [0.25, 0.3) is 0 Å². The number of nitrogens with zero attached hydrogens (tertiary/aromatic N) is 1. The zero-order valence-corrected chi connectivity index (χ0v) is 10.1. The lowest BCUT2D eigenvalue weighted by Gasteiger charge is -2.13. The first-order chi connectivity index (χ1) is 8.84. The van der Waals surface area contributed by atoms with E-state index in [1.54, 1.807) is 18.3 Å². The molecule has 1 aliphatic rings. The molecule has 0 saturated carbocycles. The largest absolute Gasteiger partial charge is 0.349 e. The summed E-state index contributed by atoms with van der Waals surface area (Å²) in [6.07, 6.45) is 6.27. The first kappa shape index (κ1) is 11.4. The summed E-state index contributed by atoms with van der Waals surface area (Å²) >= 11 is 0. The van der Waals surface area contributed by atoms with Gasteiger partial charge in [-0.25, -0.2) is 9.37 Å². The molecule has 1 heterocycles. The summed E-state index contributed by atoms with van der Waals surface area (Å²) < 4.78 is 13.6. The fraction of sp³-hybridized carbons (Fsp3) is 0.357.